The number of rotatable bonds is 6. The molecule has 1 aromatic heterocycles. The predicted octanol–water partition coefficient (Wildman–Crippen LogP) is 3.08. The molecule has 11 heteroatoms. The van der Waals surface area contributed by atoms with Gasteiger partial charge in [-0.15, -0.1) is 11.3 Å². The summed E-state index contributed by atoms with van der Waals surface area (Å²) in [6.07, 6.45) is -0.0830. The molecule has 1 saturated heterocycles. The number of carbonyl (C=O) groups is 3. The lowest BCUT2D eigenvalue weighted by atomic mass is 10.2. The van der Waals surface area contributed by atoms with E-state index in [0.29, 0.717) is 25.2 Å². The van der Waals surface area contributed by atoms with Crippen LogP contribution < -0.4 is 10.6 Å². The van der Waals surface area contributed by atoms with Crippen molar-refractivity contribution in [3.05, 3.63) is 14.9 Å². The van der Waals surface area contributed by atoms with Gasteiger partial charge in [-0.05, 0) is 22.9 Å². The number of amides is 2. The van der Waals surface area contributed by atoms with Gasteiger partial charge in [0.2, 0.25) is 11.8 Å². The smallest absolute Gasteiger partial charge is 0.341 e. The highest BCUT2D eigenvalue weighted by molar-refractivity contribution is 9.11. The number of ether oxygens (including phenoxy) is 1. The fourth-order valence-corrected chi connectivity index (χ4v) is 5.70. The highest BCUT2D eigenvalue weighted by atomic mass is 79.9. The molecule has 1 unspecified atom stereocenters. The lowest BCUT2D eigenvalue weighted by Gasteiger charge is -2.09. The molecule has 0 aromatic carbocycles. The van der Waals surface area contributed by atoms with Gasteiger partial charge < -0.3 is 15.4 Å². The zero-order chi connectivity index (χ0) is 17.9. The number of thioether (sulfide) groups is 1. The third-order valence-electron chi connectivity index (χ3n) is 2.98. The second-order valence-electron chi connectivity index (χ2n) is 4.59. The first-order valence-electron chi connectivity index (χ1n) is 6.77. The van der Waals surface area contributed by atoms with Gasteiger partial charge in [0, 0.05) is 17.3 Å². The molecule has 1 aliphatic heterocycles. The fourth-order valence-electron chi connectivity index (χ4n) is 1.96. The number of carbonyl (C=O) groups excluding carboxylic acids is 3. The number of hydrogen-bond donors (Lipinski definition) is 3. The summed E-state index contributed by atoms with van der Waals surface area (Å²) in [4.78, 5) is 36.0. The molecule has 1 aliphatic rings. The summed E-state index contributed by atoms with van der Waals surface area (Å²) in [6, 6.07) is 0. The normalized spacial score (nSPS) is 16.9. The molecule has 1 atom stereocenters. The van der Waals surface area contributed by atoms with Gasteiger partial charge in [-0.1, -0.05) is 27.7 Å². The van der Waals surface area contributed by atoms with Gasteiger partial charge in [0.05, 0.1) is 16.0 Å². The van der Waals surface area contributed by atoms with Crippen LogP contribution in [0.2, 0.25) is 0 Å². The molecule has 1 aromatic rings. The molecule has 0 radical (unpaired) electrons. The molecule has 2 rings (SSSR count). The van der Waals surface area contributed by atoms with Crippen LogP contribution in [0, 0.1) is 5.41 Å². The van der Waals surface area contributed by atoms with Gasteiger partial charge in [-0.3, -0.25) is 15.0 Å². The van der Waals surface area contributed by atoms with Gasteiger partial charge in [0.1, 0.15) is 10.3 Å². The standard InChI is InChI=1S/C13H13Br2N3O4S2/c1-2-22-12(21)8-5(4-14)9(15)24-11(8)17-7(19)3-6-10(20)18-13(16)23-6/h6H,2-4H2,1H3,(H,17,19)(H2,16,18,20). The van der Waals surface area contributed by atoms with Crippen LogP contribution in [0.4, 0.5) is 5.00 Å². The molecule has 0 spiro atoms. The highest BCUT2D eigenvalue weighted by Crippen LogP contribution is 2.39. The zero-order valence-corrected chi connectivity index (χ0v) is 17.2. The largest absolute Gasteiger partial charge is 0.462 e. The molecule has 3 N–H and O–H groups in total. The van der Waals surface area contributed by atoms with Crippen LogP contribution in [-0.2, 0) is 19.7 Å². The van der Waals surface area contributed by atoms with Crippen molar-refractivity contribution in [1.29, 1.82) is 5.41 Å². The van der Waals surface area contributed by atoms with Crippen LogP contribution in [0.25, 0.3) is 0 Å². The number of anilines is 1. The van der Waals surface area contributed by atoms with E-state index in [1.165, 1.54) is 11.3 Å². The molecule has 2 amide bonds. The molecular formula is C13H13Br2N3O4S2. The van der Waals surface area contributed by atoms with Crippen molar-refractivity contribution in [3.63, 3.8) is 0 Å². The minimum Gasteiger partial charge on any atom is -0.462 e. The van der Waals surface area contributed by atoms with Gasteiger partial charge >= 0.3 is 5.97 Å². The second kappa shape index (κ2) is 8.45. The number of amidine groups is 1. The van der Waals surface area contributed by atoms with Gasteiger partial charge in [0.15, 0.2) is 5.17 Å². The molecule has 0 saturated carbocycles. The van der Waals surface area contributed by atoms with E-state index >= 15 is 0 Å². The topological polar surface area (TPSA) is 108 Å². The summed E-state index contributed by atoms with van der Waals surface area (Å²) in [5.74, 6) is -1.28. The monoisotopic (exact) mass is 497 g/mol. The number of hydrogen-bond acceptors (Lipinski definition) is 7. The van der Waals surface area contributed by atoms with Crippen LogP contribution in [0.1, 0.15) is 29.3 Å². The number of esters is 1. The van der Waals surface area contributed by atoms with E-state index in [1.807, 2.05) is 0 Å². The molecule has 1 fully saturated rings. The number of thiophene rings is 1. The van der Waals surface area contributed by atoms with E-state index in [-0.39, 0.29) is 24.1 Å². The average Bonchev–Trinajstić information content (AvgIpc) is 2.97. The van der Waals surface area contributed by atoms with Crippen molar-refractivity contribution in [2.75, 3.05) is 11.9 Å². The van der Waals surface area contributed by atoms with Crippen molar-refractivity contribution >= 4 is 82.9 Å². The van der Waals surface area contributed by atoms with Crippen molar-refractivity contribution in [3.8, 4) is 0 Å². The van der Waals surface area contributed by atoms with Gasteiger partial charge in [0.25, 0.3) is 0 Å². The Hall–Kier alpha value is -0.910. The molecule has 130 valence electrons. The maximum absolute atomic E-state index is 12.2. The van der Waals surface area contributed by atoms with Crippen LogP contribution in [0.5, 0.6) is 0 Å². The second-order valence-corrected chi connectivity index (χ2v) is 8.70. The number of halogens is 2. The summed E-state index contributed by atoms with van der Waals surface area (Å²) in [5.41, 5.74) is 0.999. The summed E-state index contributed by atoms with van der Waals surface area (Å²) < 4.78 is 5.76. The lowest BCUT2D eigenvalue weighted by Crippen LogP contribution is -2.28. The first kappa shape index (κ1) is 19.4. The minimum atomic E-state index is -0.636. The highest BCUT2D eigenvalue weighted by Gasteiger charge is 2.32. The van der Waals surface area contributed by atoms with E-state index in [9.17, 15) is 14.4 Å². The summed E-state index contributed by atoms with van der Waals surface area (Å²) >= 11 is 8.91. The Morgan fingerprint density at radius 2 is 2.17 bits per heavy atom. The van der Waals surface area contributed by atoms with Crippen LogP contribution in [0.15, 0.2) is 3.79 Å². The predicted molar refractivity (Wildman–Crippen MR) is 101 cm³/mol. The number of nitrogens with one attached hydrogen (secondary N) is 3. The Kier molecular flexibility index (Phi) is 6.84. The Morgan fingerprint density at radius 1 is 1.46 bits per heavy atom. The molecule has 0 aliphatic carbocycles. The van der Waals surface area contributed by atoms with Crippen molar-refractivity contribution < 1.29 is 19.1 Å². The zero-order valence-electron chi connectivity index (χ0n) is 12.4. The Labute approximate surface area is 163 Å². The van der Waals surface area contributed by atoms with E-state index in [0.717, 1.165) is 11.8 Å². The van der Waals surface area contributed by atoms with Crippen molar-refractivity contribution in [2.45, 2.75) is 23.9 Å². The maximum atomic E-state index is 12.2. The third kappa shape index (κ3) is 4.38. The van der Waals surface area contributed by atoms with Crippen molar-refractivity contribution in [1.82, 2.24) is 5.32 Å². The molecule has 7 nitrogen and oxygen atoms in total. The maximum Gasteiger partial charge on any atom is 0.341 e. The van der Waals surface area contributed by atoms with E-state index in [2.05, 4.69) is 42.5 Å². The summed E-state index contributed by atoms with van der Waals surface area (Å²) in [5, 5.41) is 12.6. The van der Waals surface area contributed by atoms with E-state index in [4.69, 9.17) is 10.1 Å². The first-order chi connectivity index (χ1) is 11.4. The molecule has 0 bridgehead atoms. The SMILES string of the molecule is CCOC(=O)c1c(NC(=O)CC2SC(=N)NC2=O)sc(Br)c1CBr. The lowest BCUT2D eigenvalue weighted by molar-refractivity contribution is -0.122. The quantitative estimate of drug-likeness (QED) is 0.412. The third-order valence-corrected chi connectivity index (χ3v) is 6.45. The van der Waals surface area contributed by atoms with E-state index in [1.54, 1.807) is 6.92 Å². The van der Waals surface area contributed by atoms with Crippen LogP contribution in [-0.4, -0.2) is 34.8 Å². The molecule has 24 heavy (non-hydrogen) atoms. The molecule has 2 heterocycles. The Bertz CT molecular complexity index is 708. The summed E-state index contributed by atoms with van der Waals surface area (Å²) in [7, 11) is 0. The van der Waals surface area contributed by atoms with Crippen LogP contribution in [0.3, 0.4) is 0 Å². The minimum absolute atomic E-state index is 0.0328. The Balaban J connectivity index is 2.16. The number of alkyl halides is 1. The summed E-state index contributed by atoms with van der Waals surface area (Å²) in [6.45, 7) is 1.93. The van der Waals surface area contributed by atoms with Crippen molar-refractivity contribution in [2.24, 2.45) is 0 Å². The first-order valence-corrected chi connectivity index (χ1v) is 10.4. The fraction of sp³-hybridized carbons (Fsp3) is 0.385. The van der Waals surface area contributed by atoms with Gasteiger partial charge in [-0.2, -0.15) is 0 Å². The molecular weight excluding hydrogens is 486 g/mol. The van der Waals surface area contributed by atoms with Gasteiger partial charge in [-0.25, -0.2) is 4.79 Å². The average molecular weight is 499 g/mol. The Morgan fingerprint density at radius 3 is 2.71 bits per heavy atom. The van der Waals surface area contributed by atoms with Crippen LogP contribution >= 0.6 is 55.0 Å². The van der Waals surface area contributed by atoms with E-state index < -0.39 is 17.1 Å².